The maximum atomic E-state index is 12.7. The zero-order chi connectivity index (χ0) is 22.7. The highest BCUT2D eigenvalue weighted by Gasteiger charge is 2.18. The molecule has 1 aliphatic rings. The molecule has 0 aliphatic carbocycles. The molecule has 4 rings (SSSR count). The Kier molecular flexibility index (Phi) is 6.35. The molecule has 168 valence electrons. The Bertz CT molecular complexity index is 1120. The monoisotopic (exact) mass is 435 g/mol. The number of ether oxygens (including phenoxy) is 3. The lowest BCUT2D eigenvalue weighted by Gasteiger charge is -2.21. The molecule has 1 aliphatic heterocycles. The van der Waals surface area contributed by atoms with Crippen LogP contribution in [0.4, 0.5) is 0 Å². The minimum atomic E-state index is -0.125. The van der Waals surface area contributed by atoms with Gasteiger partial charge in [-0.2, -0.15) is 5.10 Å². The second kappa shape index (κ2) is 9.34. The first-order valence-electron chi connectivity index (χ1n) is 10.8. The Labute approximate surface area is 188 Å². The maximum Gasteiger partial charge on any atom is 0.220 e. The van der Waals surface area contributed by atoms with Crippen LogP contribution < -0.4 is 19.5 Å². The van der Waals surface area contributed by atoms with Crippen LogP contribution in [0.3, 0.4) is 0 Å². The van der Waals surface area contributed by atoms with Crippen molar-refractivity contribution in [1.29, 1.82) is 0 Å². The molecule has 0 spiro atoms. The van der Waals surface area contributed by atoms with Gasteiger partial charge in [0.25, 0.3) is 0 Å². The van der Waals surface area contributed by atoms with E-state index in [-0.39, 0.29) is 11.9 Å². The zero-order valence-electron chi connectivity index (χ0n) is 19.0. The summed E-state index contributed by atoms with van der Waals surface area (Å²) in [5.74, 6) is 2.26. The van der Waals surface area contributed by atoms with Gasteiger partial charge in [0.2, 0.25) is 5.91 Å². The van der Waals surface area contributed by atoms with Crippen LogP contribution in [0.15, 0.2) is 42.5 Å². The number of amides is 1. The van der Waals surface area contributed by atoms with E-state index in [1.165, 1.54) is 0 Å². The highest BCUT2D eigenvalue weighted by molar-refractivity contribution is 5.76. The largest absolute Gasteiger partial charge is 0.497 e. The number of nitrogens with zero attached hydrogens (tertiary/aromatic N) is 2. The number of benzene rings is 2. The molecule has 0 saturated carbocycles. The van der Waals surface area contributed by atoms with E-state index < -0.39 is 0 Å². The Hall–Kier alpha value is -3.48. The summed E-state index contributed by atoms with van der Waals surface area (Å²) in [5, 5.41) is 7.77. The van der Waals surface area contributed by atoms with Gasteiger partial charge in [-0.05, 0) is 62.6 Å². The van der Waals surface area contributed by atoms with Gasteiger partial charge in [0, 0.05) is 18.2 Å². The fourth-order valence-electron chi connectivity index (χ4n) is 4.00. The standard InChI is InChI=1S/C25H29N3O4/c1-16(19-8-10-23-24(14-19)32-13-12-31-23)26-25(29)11-9-22-17(2)27-28(18(22)3)20-6-5-7-21(15-20)30-4/h5-8,10,14-16H,9,11-13H2,1-4H3,(H,26,29)/t16-/m0/s1. The Morgan fingerprint density at radius 1 is 1.16 bits per heavy atom. The van der Waals surface area contributed by atoms with Crippen molar-refractivity contribution < 1.29 is 19.0 Å². The number of carbonyl (C=O) groups excluding carboxylic acids is 1. The number of methoxy groups -OCH3 is 1. The summed E-state index contributed by atoms with van der Waals surface area (Å²) < 4.78 is 18.5. The van der Waals surface area contributed by atoms with Gasteiger partial charge in [-0.25, -0.2) is 4.68 Å². The molecule has 1 amide bonds. The molecule has 0 unspecified atom stereocenters. The second-order valence-electron chi connectivity index (χ2n) is 7.95. The number of aromatic nitrogens is 2. The van der Waals surface area contributed by atoms with E-state index in [1.54, 1.807) is 7.11 Å². The van der Waals surface area contributed by atoms with Gasteiger partial charge in [-0.1, -0.05) is 12.1 Å². The van der Waals surface area contributed by atoms with Crippen LogP contribution in [-0.2, 0) is 11.2 Å². The highest BCUT2D eigenvalue weighted by Crippen LogP contribution is 2.32. The number of rotatable bonds is 7. The number of fused-ring (bicyclic) bond motifs is 1. The van der Waals surface area contributed by atoms with E-state index in [1.807, 2.05) is 67.9 Å². The van der Waals surface area contributed by atoms with Crippen molar-refractivity contribution in [3.63, 3.8) is 0 Å². The van der Waals surface area contributed by atoms with Crippen molar-refractivity contribution in [3.05, 3.63) is 65.0 Å². The summed E-state index contributed by atoms with van der Waals surface area (Å²) >= 11 is 0. The lowest BCUT2D eigenvalue weighted by Crippen LogP contribution is -2.27. The molecule has 0 fully saturated rings. The number of nitrogens with one attached hydrogen (secondary N) is 1. The first kappa shape index (κ1) is 21.7. The summed E-state index contributed by atoms with van der Waals surface area (Å²) in [6.45, 7) is 7.09. The van der Waals surface area contributed by atoms with Crippen LogP contribution in [0.5, 0.6) is 17.2 Å². The van der Waals surface area contributed by atoms with Crippen molar-refractivity contribution in [3.8, 4) is 22.9 Å². The highest BCUT2D eigenvalue weighted by atomic mass is 16.6. The van der Waals surface area contributed by atoms with Crippen LogP contribution in [0.1, 0.15) is 41.9 Å². The van der Waals surface area contributed by atoms with E-state index in [9.17, 15) is 4.79 Å². The summed E-state index contributed by atoms with van der Waals surface area (Å²) in [7, 11) is 1.65. The second-order valence-corrected chi connectivity index (χ2v) is 7.95. The average molecular weight is 436 g/mol. The van der Waals surface area contributed by atoms with Crippen molar-refractivity contribution in [2.75, 3.05) is 20.3 Å². The first-order valence-corrected chi connectivity index (χ1v) is 10.8. The molecule has 2 heterocycles. The Balaban J connectivity index is 1.40. The molecular weight excluding hydrogens is 406 g/mol. The van der Waals surface area contributed by atoms with Gasteiger partial charge in [-0.3, -0.25) is 4.79 Å². The number of aryl methyl sites for hydroxylation is 1. The van der Waals surface area contributed by atoms with Crippen LogP contribution in [0.2, 0.25) is 0 Å². The molecule has 0 bridgehead atoms. The number of hydrogen-bond donors (Lipinski definition) is 1. The summed E-state index contributed by atoms with van der Waals surface area (Å²) in [6, 6.07) is 13.5. The van der Waals surface area contributed by atoms with Crippen molar-refractivity contribution in [2.45, 2.75) is 39.7 Å². The third-order valence-electron chi connectivity index (χ3n) is 5.78. The molecule has 2 aromatic carbocycles. The third-order valence-corrected chi connectivity index (χ3v) is 5.78. The molecule has 1 aromatic heterocycles. The fourth-order valence-corrected chi connectivity index (χ4v) is 4.00. The van der Waals surface area contributed by atoms with E-state index in [2.05, 4.69) is 10.4 Å². The first-order chi connectivity index (χ1) is 15.5. The molecule has 7 heteroatoms. The smallest absolute Gasteiger partial charge is 0.220 e. The summed E-state index contributed by atoms with van der Waals surface area (Å²) in [6.07, 6.45) is 1.02. The van der Waals surface area contributed by atoms with Gasteiger partial charge in [-0.15, -0.1) is 0 Å². The summed E-state index contributed by atoms with van der Waals surface area (Å²) in [4.78, 5) is 12.7. The minimum absolute atomic E-state index is 0.000296. The van der Waals surface area contributed by atoms with Gasteiger partial charge in [0.1, 0.15) is 19.0 Å². The number of carbonyl (C=O) groups is 1. The maximum absolute atomic E-state index is 12.7. The van der Waals surface area contributed by atoms with Gasteiger partial charge in [0.05, 0.1) is 24.5 Å². The molecule has 1 N–H and O–H groups in total. The Morgan fingerprint density at radius 3 is 2.72 bits per heavy atom. The van der Waals surface area contributed by atoms with Crippen molar-refractivity contribution in [1.82, 2.24) is 15.1 Å². The Morgan fingerprint density at radius 2 is 1.94 bits per heavy atom. The van der Waals surface area contributed by atoms with E-state index in [0.29, 0.717) is 26.1 Å². The average Bonchev–Trinajstić information content (AvgIpc) is 3.10. The molecule has 0 radical (unpaired) electrons. The predicted octanol–water partition coefficient (Wildman–Crippen LogP) is 4.08. The summed E-state index contributed by atoms with van der Waals surface area (Å²) in [5.41, 5.74) is 4.98. The normalized spacial score (nSPS) is 13.5. The van der Waals surface area contributed by atoms with E-state index in [0.717, 1.165) is 45.5 Å². The lowest BCUT2D eigenvalue weighted by molar-refractivity contribution is -0.121. The quantitative estimate of drug-likeness (QED) is 0.605. The third kappa shape index (κ3) is 4.56. The van der Waals surface area contributed by atoms with Crippen LogP contribution >= 0.6 is 0 Å². The molecule has 0 saturated heterocycles. The van der Waals surface area contributed by atoms with Crippen molar-refractivity contribution >= 4 is 5.91 Å². The molecule has 32 heavy (non-hydrogen) atoms. The molecule has 7 nitrogen and oxygen atoms in total. The van der Waals surface area contributed by atoms with Crippen LogP contribution in [0.25, 0.3) is 5.69 Å². The SMILES string of the molecule is COc1cccc(-n2nc(C)c(CCC(=O)N[C@@H](C)c3ccc4c(c3)OCCO4)c2C)c1. The molecule has 3 aromatic rings. The topological polar surface area (TPSA) is 74.6 Å². The number of hydrogen-bond acceptors (Lipinski definition) is 5. The predicted molar refractivity (Wildman–Crippen MR) is 122 cm³/mol. The minimum Gasteiger partial charge on any atom is -0.497 e. The van der Waals surface area contributed by atoms with Crippen LogP contribution in [-0.4, -0.2) is 36.0 Å². The molecule has 1 atom stereocenters. The van der Waals surface area contributed by atoms with E-state index >= 15 is 0 Å². The lowest BCUT2D eigenvalue weighted by atomic mass is 10.1. The molecular formula is C25H29N3O4. The van der Waals surface area contributed by atoms with Gasteiger partial charge >= 0.3 is 0 Å². The van der Waals surface area contributed by atoms with Crippen molar-refractivity contribution in [2.24, 2.45) is 0 Å². The van der Waals surface area contributed by atoms with Crippen LogP contribution in [0, 0.1) is 13.8 Å². The van der Waals surface area contributed by atoms with E-state index in [4.69, 9.17) is 14.2 Å². The fraction of sp³-hybridized carbons (Fsp3) is 0.360. The zero-order valence-corrected chi connectivity index (χ0v) is 19.0. The van der Waals surface area contributed by atoms with Gasteiger partial charge < -0.3 is 19.5 Å². The van der Waals surface area contributed by atoms with Gasteiger partial charge in [0.15, 0.2) is 11.5 Å².